The van der Waals surface area contributed by atoms with Crippen LogP contribution in [0.2, 0.25) is 0 Å². The Bertz CT molecular complexity index is 555. The van der Waals surface area contributed by atoms with Crippen LogP contribution in [0.1, 0.15) is 19.8 Å². The number of hydrogen-bond acceptors (Lipinski definition) is 5. The van der Waals surface area contributed by atoms with Gasteiger partial charge in [-0.2, -0.15) is 15.1 Å². The molecule has 0 aliphatic carbocycles. The first-order valence-electron chi connectivity index (χ1n) is 6.48. The monoisotopic (exact) mass is 246 g/mol. The van der Waals surface area contributed by atoms with Gasteiger partial charge in [0.2, 0.25) is 5.95 Å². The second kappa shape index (κ2) is 4.44. The fourth-order valence-electron chi connectivity index (χ4n) is 2.41. The lowest BCUT2D eigenvalue weighted by Gasteiger charge is -2.17. The van der Waals surface area contributed by atoms with Gasteiger partial charge in [0, 0.05) is 26.7 Å². The maximum absolute atomic E-state index is 4.64. The number of hydrogen-bond donors (Lipinski definition) is 1. The topological polar surface area (TPSA) is 58.9 Å². The Morgan fingerprint density at radius 2 is 2.06 bits per heavy atom. The summed E-state index contributed by atoms with van der Waals surface area (Å²) in [5.41, 5.74) is 0.892. The molecule has 6 nitrogen and oxygen atoms in total. The predicted molar refractivity (Wildman–Crippen MR) is 71.9 cm³/mol. The van der Waals surface area contributed by atoms with Gasteiger partial charge in [0.25, 0.3) is 0 Å². The molecule has 2 aromatic rings. The Morgan fingerprint density at radius 1 is 1.28 bits per heavy atom. The molecule has 1 fully saturated rings. The summed E-state index contributed by atoms with van der Waals surface area (Å²) in [6.07, 6.45) is 4.34. The van der Waals surface area contributed by atoms with E-state index in [-0.39, 0.29) is 0 Å². The van der Waals surface area contributed by atoms with Gasteiger partial charge in [0.1, 0.15) is 5.82 Å². The van der Waals surface area contributed by atoms with Crippen LogP contribution in [0.5, 0.6) is 0 Å². The number of fused-ring (bicyclic) bond motifs is 1. The van der Waals surface area contributed by atoms with Crippen LogP contribution in [-0.2, 0) is 7.05 Å². The Hall–Kier alpha value is -1.85. The van der Waals surface area contributed by atoms with Crippen molar-refractivity contribution in [2.75, 3.05) is 29.9 Å². The fraction of sp³-hybridized carbons (Fsp3) is 0.583. The summed E-state index contributed by atoms with van der Waals surface area (Å²) in [5, 5.41) is 8.52. The van der Waals surface area contributed by atoms with Crippen molar-refractivity contribution in [3.8, 4) is 0 Å². The first-order chi connectivity index (χ1) is 8.79. The van der Waals surface area contributed by atoms with E-state index in [0.717, 1.165) is 36.5 Å². The molecular weight excluding hydrogens is 228 g/mol. The lowest BCUT2D eigenvalue weighted by molar-refractivity contribution is 0.785. The third-order valence-electron chi connectivity index (χ3n) is 3.31. The van der Waals surface area contributed by atoms with Crippen molar-refractivity contribution >= 4 is 22.8 Å². The fourth-order valence-corrected chi connectivity index (χ4v) is 2.41. The summed E-state index contributed by atoms with van der Waals surface area (Å²) in [7, 11) is 1.92. The average Bonchev–Trinajstić information content (AvgIpc) is 3.00. The highest BCUT2D eigenvalue weighted by molar-refractivity contribution is 5.88. The molecule has 2 aromatic heterocycles. The number of anilines is 2. The van der Waals surface area contributed by atoms with Gasteiger partial charge in [0.15, 0.2) is 5.65 Å². The Labute approximate surface area is 106 Å². The smallest absolute Gasteiger partial charge is 0.226 e. The zero-order chi connectivity index (χ0) is 12.5. The van der Waals surface area contributed by atoms with Crippen molar-refractivity contribution < 1.29 is 0 Å². The second-order valence-electron chi connectivity index (χ2n) is 4.60. The van der Waals surface area contributed by atoms with Gasteiger partial charge in [-0.1, -0.05) is 0 Å². The van der Waals surface area contributed by atoms with Crippen molar-refractivity contribution in [1.29, 1.82) is 0 Å². The summed E-state index contributed by atoms with van der Waals surface area (Å²) in [6, 6.07) is 0. The highest BCUT2D eigenvalue weighted by Crippen LogP contribution is 2.27. The highest BCUT2D eigenvalue weighted by Gasteiger charge is 2.19. The molecule has 0 atom stereocenters. The van der Waals surface area contributed by atoms with Crippen LogP contribution in [0.4, 0.5) is 11.8 Å². The van der Waals surface area contributed by atoms with Crippen molar-refractivity contribution in [1.82, 2.24) is 19.7 Å². The van der Waals surface area contributed by atoms with Gasteiger partial charge in [-0.15, -0.1) is 0 Å². The van der Waals surface area contributed by atoms with Gasteiger partial charge in [-0.25, -0.2) is 0 Å². The van der Waals surface area contributed by atoms with Crippen LogP contribution in [0.25, 0.3) is 11.0 Å². The Kier molecular flexibility index (Phi) is 2.77. The molecule has 96 valence electrons. The molecule has 0 amide bonds. The zero-order valence-electron chi connectivity index (χ0n) is 10.8. The maximum Gasteiger partial charge on any atom is 0.226 e. The maximum atomic E-state index is 4.64. The van der Waals surface area contributed by atoms with Crippen LogP contribution in [0, 0.1) is 0 Å². The molecule has 0 spiro atoms. The molecule has 3 heterocycles. The minimum atomic E-state index is 0.690. The summed E-state index contributed by atoms with van der Waals surface area (Å²) >= 11 is 0. The molecule has 1 N–H and O–H groups in total. The number of rotatable bonds is 3. The molecule has 0 unspecified atom stereocenters. The molecule has 0 bridgehead atoms. The van der Waals surface area contributed by atoms with Gasteiger partial charge in [-0.05, 0) is 19.8 Å². The molecule has 0 radical (unpaired) electrons. The summed E-state index contributed by atoms with van der Waals surface area (Å²) in [6.45, 7) is 5.02. The summed E-state index contributed by atoms with van der Waals surface area (Å²) in [4.78, 5) is 11.5. The van der Waals surface area contributed by atoms with Crippen LogP contribution < -0.4 is 10.2 Å². The molecular formula is C12H18N6. The molecule has 18 heavy (non-hydrogen) atoms. The zero-order valence-corrected chi connectivity index (χ0v) is 10.8. The minimum absolute atomic E-state index is 0.690. The van der Waals surface area contributed by atoms with E-state index in [1.54, 1.807) is 4.68 Å². The SMILES string of the molecule is CCNc1nc(N2CCCC2)c2cnn(C)c2n1. The van der Waals surface area contributed by atoms with E-state index in [9.17, 15) is 0 Å². The van der Waals surface area contributed by atoms with Gasteiger partial charge in [-0.3, -0.25) is 4.68 Å². The van der Waals surface area contributed by atoms with Crippen LogP contribution in [-0.4, -0.2) is 39.4 Å². The van der Waals surface area contributed by atoms with Crippen molar-refractivity contribution in [2.24, 2.45) is 7.05 Å². The van der Waals surface area contributed by atoms with E-state index in [2.05, 4.69) is 25.3 Å². The number of aryl methyl sites for hydroxylation is 1. The second-order valence-corrected chi connectivity index (χ2v) is 4.60. The third-order valence-corrected chi connectivity index (χ3v) is 3.31. The third kappa shape index (κ3) is 1.77. The highest BCUT2D eigenvalue weighted by atomic mass is 15.3. The molecule has 6 heteroatoms. The van der Waals surface area contributed by atoms with Crippen molar-refractivity contribution in [2.45, 2.75) is 19.8 Å². The molecule has 1 aliphatic rings. The molecule has 0 aromatic carbocycles. The normalized spacial score (nSPS) is 15.6. The van der Waals surface area contributed by atoms with Gasteiger partial charge >= 0.3 is 0 Å². The first-order valence-corrected chi connectivity index (χ1v) is 6.48. The first kappa shape index (κ1) is 11.3. The molecule has 3 rings (SSSR count). The van der Waals surface area contributed by atoms with Crippen molar-refractivity contribution in [3.05, 3.63) is 6.20 Å². The van der Waals surface area contributed by atoms with E-state index >= 15 is 0 Å². The van der Waals surface area contributed by atoms with Crippen LogP contribution in [0.3, 0.4) is 0 Å². The van der Waals surface area contributed by atoms with Gasteiger partial charge in [0.05, 0.1) is 11.6 Å². The number of nitrogens with one attached hydrogen (secondary N) is 1. The van der Waals surface area contributed by atoms with Crippen LogP contribution >= 0.6 is 0 Å². The summed E-state index contributed by atoms with van der Waals surface area (Å²) in [5.74, 6) is 1.71. The van der Waals surface area contributed by atoms with E-state index in [0.29, 0.717) is 5.95 Å². The average molecular weight is 246 g/mol. The van der Waals surface area contributed by atoms with E-state index in [1.807, 2.05) is 20.2 Å². The largest absolute Gasteiger partial charge is 0.356 e. The van der Waals surface area contributed by atoms with E-state index < -0.39 is 0 Å². The molecule has 0 saturated carbocycles. The lowest BCUT2D eigenvalue weighted by Crippen LogP contribution is -2.20. The Morgan fingerprint density at radius 3 is 2.78 bits per heavy atom. The minimum Gasteiger partial charge on any atom is -0.356 e. The van der Waals surface area contributed by atoms with Crippen molar-refractivity contribution in [3.63, 3.8) is 0 Å². The summed E-state index contributed by atoms with van der Waals surface area (Å²) < 4.78 is 1.80. The quantitative estimate of drug-likeness (QED) is 0.887. The lowest BCUT2D eigenvalue weighted by atomic mass is 10.3. The predicted octanol–water partition coefficient (Wildman–Crippen LogP) is 1.40. The van der Waals surface area contributed by atoms with Gasteiger partial charge < -0.3 is 10.2 Å². The number of aromatic nitrogens is 4. The molecule has 1 saturated heterocycles. The molecule has 1 aliphatic heterocycles. The van der Waals surface area contributed by atoms with E-state index in [1.165, 1.54) is 12.8 Å². The van der Waals surface area contributed by atoms with Crippen LogP contribution in [0.15, 0.2) is 6.20 Å². The van der Waals surface area contributed by atoms with E-state index in [4.69, 9.17) is 0 Å². The standard InChI is InChI=1S/C12H18N6/c1-3-13-12-15-10-9(8-14-17(10)2)11(16-12)18-6-4-5-7-18/h8H,3-7H2,1-2H3,(H,13,15,16). The Balaban J connectivity index is 2.14. The number of nitrogens with zero attached hydrogens (tertiary/aromatic N) is 5.